The van der Waals surface area contributed by atoms with Gasteiger partial charge in [0, 0.05) is 18.7 Å². The predicted octanol–water partition coefficient (Wildman–Crippen LogP) is 1.61. The fraction of sp³-hybridized carbons (Fsp3) is 0.500. The molecule has 0 aliphatic heterocycles. The first kappa shape index (κ1) is 15.1. The minimum atomic E-state index is -3.70. The molecule has 0 heterocycles. The maximum absolute atomic E-state index is 13.5. The van der Waals surface area contributed by atoms with Crippen LogP contribution in [0.4, 0.5) is 4.39 Å². The van der Waals surface area contributed by atoms with E-state index in [0.29, 0.717) is 6.54 Å². The highest BCUT2D eigenvalue weighted by atomic mass is 32.2. The fourth-order valence-corrected chi connectivity index (χ4v) is 2.89. The van der Waals surface area contributed by atoms with Crippen LogP contribution in [0.3, 0.4) is 0 Å². The van der Waals surface area contributed by atoms with Crippen molar-refractivity contribution in [3.05, 3.63) is 29.6 Å². The van der Waals surface area contributed by atoms with Crippen molar-refractivity contribution in [2.24, 2.45) is 11.7 Å². The standard InChI is InChI=1S/C12H19FN2O2S/c1-3-9(2)8-15-18(16,17)12-6-4-5-11(13)10(12)7-14/h4-6,9,15H,3,7-8,14H2,1-2H3. The van der Waals surface area contributed by atoms with E-state index in [1.807, 2.05) is 13.8 Å². The molecule has 3 N–H and O–H groups in total. The van der Waals surface area contributed by atoms with Gasteiger partial charge in [0.25, 0.3) is 0 Å². The van der Waals surface area contributed by atoms with Crippen LogP contribution in [-0.2, 0) is 16.6 Å². The summed E-state index contributed by atoms with van der Waals surface area (Å²) in [5, 5.41) is 0. The second-order valence-corrected chi connectivity index (χ2v) is 6.02. The van der Waals surface area contributed by atoms with E-state index in [-0.39, 0.29) is 22.9 Å². The number of halogens is 1. The molecule has 0 fully saturated rings. The molecule has 1 rings (SSSR count). The van der Waals surface area contributed by atoms with Crippen LogP contribution in [0.2, 0.25) is 0 Å². The van der Waals surface area contributed by atoms with E-state index in [1.54, 1.807) is 0 Å². The molecule has 0 aliphatic rings. The molecule has 0 saturated carbocycles. The summed E-state index contributed by atoms with van der Waals surface area (Å²) >= 11 is 0. The van der Waals surface area contributed by atoms with Crippen LogP contribution in [0, 0.1) is 11.7 Å². The smallest absolute Gasteiger partial charge is 0.241 e. The van der Waals surface area contributed by atoms with Crippen LogP contribution >= 0.6 is 0 Å². The zero-order valence-electron chi connectivity index (χ0n) is 10.6. The van der Waals surface area contributed by atoms with Gasteiger partial charge in [-0.25, -0.2) is 17.5 Å². The Kier molecular flexibility index (Phi) is 5.25. The first-order valence-corrected chi connectivity index (χ1v) is 7.37. The average molecular weight is 274 g/mol. The Bertz CT molecular complexity index is 503. The number of rotatable bonds is 6. The molecule has 0 saturated heterocycles. The summed E-state index contributed by atoms with van der Waals surface area (Å²) in [7, 11) is -3.70. The van der Waals surface area contributed by atoms with Gasteiger partial charge in [-0.3, -0.25) is 0 Å². The zero-order valence-corrected chi connectivity index (χ0v) is 11.4. The van der Waals surface area contributed by atoms with Gasteiger partial charge in [0.1, 0.15) is 5.82 Å². The Hall–Kier alpha value is -0.980. The summed E-state index contributed by atoms with van der Waals surface area (Å²) < 4.78 is 40.1. The quantitative estimate of drug-likeness (QED) is 0.827. The average Bonchev–Trinajstić information content (AvgIpc) is 2.35. The highest BCUT2D eigenvalue weighted by Crippen LogP contribution is 2.18. The second kappa shape index (κ2) is 6.26. The van der Waals surface area contributed by atoms with Gasteiger partial charge < -0.3 is 5.73 Å². The Balaban J connectivity index is 3.02. The monoisotopic (exact) mass is 274 g/mol. The highest BCUT2D eigenvalue weighted by Gasteiger charge is 2.20. The topological polar surface area (TPSA) is 72.2 Å². The van der Waals surface area contributed by atoms with Crippen molar-refractivity contribution in [1.82, 2.24) is 4.72 Å². The van der Waals surface area contributed by atoms with Crippen molar-refractivity contribution >= 4 is 10.0 Å². The molecule has 0 radical (unpaired) electrons. The number of benzene rings is 1. The first-order valence-electron chi connectivity index (χ1n) is 5.89. The Morgan fingerprint density at radius 3 is 2.67 bits per heavy atom. The molecular weight excluding hydrogens is 255 g/mol. The largest absolute Gasteiger partial charge is 0.326 e. The molecule has 0 amide bonds. The van der Waals surface area contributed by atoms with Crippen molar-refractivity contribution in [3.63, 3.8) is 0 Å². The van der Waals surface area contributed by atoms with E-state index in [1.165, 1.54) is 18.2 Å². The Morgan fingerprint density at radius 2 is 2.11 bits per heavy atom. The molecular formula is C12H19FN2O2S. The molecule has 18 heavy (non-hydrogen) atoms. The molecule has 1 aromatic rings. The minimum absolute atomic E-state index is 0.0224. The van der Waals surface area contributed by atoms with Crippen LogP contribution in [0.1, 0.15) is 25.8 Å². The van der Waals surface area contributed by atoms with Crippen LogP contribution in [0.5, 0.6) is 0 Å². The number of nitrogens with one attached hydrogen (secondary N) is 1. The summed E-state index contributed by atoms with van der Waals surface area (Å²) in [5.41, 5.74) is 5.42. The Morgan fingerprint density at radius 1 is 1.44 bits per heavy atom. The van der Waals surface area contributed by atoms with Gasteiger partial charge in [0.2, 0.25) is 10.0 Å². The van der Waals surface area contributed by atoms with Crippen LogP contribution in [-0.4, -0.2) is 15.0 Å². The van der Waals surface area contributed by atoms with Gasteiger partial charge in [0.15, 0.2) is 0 Å². The van der Waals surface area contributed by atoms with Crippen molar-refractivity contribution in [1.29, 1.82) is 0 Å². The molecule has 4 nitrogen and oxygen atoms in total. The van der Waals surface area contributed by atoms with Gasteiger partial charge in [-0.05, 0) is 18.1 Å². The minimum Gasteiger partial charge on any atom is -0.326 e. The molecule has 0 spiro atoms. The Labute approximate surface area is 107 Å². The van der Waals surface area contributed by atoms with E-state index < -0.39 is 15.8 Å². The maximum Gasteiger partial charge on any atom is 0.241 e. The summed E-state index contributed by atoms with van der Waals surface area (Å²) in [6, 6.07) is 3.94. The molecule has 1 atom stereocenters. The number of sulfonamides is 1. The maximum atomic E-state index is 13.5. The lowest BCUT2D eigenvalue weighted by Gasteiger charge is -2.13. The molecule has 6 heteroatoms. The first-order chi connectivity index (χ1) is 8.42. The lowest BCUT2D eigenvalue weighted by atomic mass is 10.1. The van der Waals surface area contributed by atoms with Crippen molar-refractivity contribution in [2.75, 3.05) is 6.54 Å². The van der Waals surface area contributed by atoms with E-state index in [9.17, 15) is 12.8 Å². The summed E-state index contributed by atoms with van der Waals surface area (Å²) in [4.78, 5) is -0.0756. The lowest BCUT2D eigenvalue weighted by molar-refractivity contribution is 0.526. The molecule has 0 aliphatic carbocycles. The van der Waals surface area contributed by atoms with Crippen molar-refractivity contribution in [3.8, 4) is 0 Å². The second-order valence-electron chi connectivity index (χ2n) is 4.29. The number of hydrogen-bond acceptors (Lipinski definition) is 3. The molecule has 102 valence electrons. The fourth-order valence-electron chi connectivity index (χ4n) is 1.46. The van der Waals surface area contributed by atoms with Crippen molar-refractivity contribution < 1.29 is 12.8 Å². The lowest BCUT2D eigenvalue weighted by Crippen LogP contribution is -2.29. The molecule has 0 aromatic heterocycles. The van der Waals surface area contributed by atoms with Gasteiger partial charge in [-0.2, -0.15) is 0 Å². The molecule has 1 unspecified atom stereocenters. The third-order valence-corrected chi connectivity index (χ3v) is 4.40. The van der Waals surface area contributed by atoms with Gasteiger partial charge in [0.05, 0.1) is 4.90 Å². The summed E-state index contributed by atoms with van der Waals surface area (Å²) in [6.07, 6.45) is 0.870. The summed E-state index contributed by atoms with van der Waals surface area (Å²) in [6.45, 7) is 4.11. The van der Waals surface area contributed by atoms with Crippen molar-refractivity contribution in [2.45, 2.75) is 31.7 Å². The van der Waals surface area contributed by atoms with Crippen LogP contribution in [0.15, 0.2) is 23.1 Å². The van der Waals surface area contributed by atoms with E-state index in [0.717, 1.165) is 6.42 Å². The van der Waals surface area contributed by atoms with E-state index in [2.05, 4.69) is 4.72 Å². The zero-order chi connectivity index (χ0) is 13.8. The SMILES string of the molecule is CCC(C)CNS(=O)(=O)c1cccc(F)c1CN. The number of nitrogens with two attached hydrogens (primary N) is 1. The van der Waals surface area contributed by atoms with E-state index in [4.69, 9.17) is 5.73 Å². The van der Waals surface area contributed by atoms with Gasteiger partial charge in [-0.15, -0.1) is 0 Å². The predicted molar refractivity (Wildman–Crippen MR) is 68.9 cm³/mol. The summed E-state index contributed by atoms with van der Waals surface area (Å²) in [5.74, 6) is -0.362. The third-order valence-electron chi connectivity index (χ3n) is 2.89. The molecule has 0 bridgehead atoms. The molecule has 1 aromatic carbocycles. The van der Waals surface area contributed by atoms with Gasteiger partial charge in [-0.1, -0.05) is 26.3 Å². The highest BCUT2D eigenvalue weighted by molar-refractivity contribution is 7.89. The van der Waals surface area contributed by atoms with Crippen LogP contribution < -0.4 is 10.5 Å². The third kappa shape index (κ3) is 3.51. The normalized spacial score (nSPS) is 13.6. The van der Waals surface area contributed by atoms with Gasteiger partial charge >= 0.3 is 0 Å². The van der Waals surface area contributed by atoms with E-state index >= 15 is 0 Å². The number of hydrogen-bond donors (Lipinski definition) is 2. The van der Waals surface area contributed by atoms with Crippen LogP contribution in [0.25, 0.3) is 0 Å².